The van der Waals surface area contributed by atoms with Gasteiger partial charge in [-0.3, -0.25) is 0 Å². The molecule has 3 heteroatoms. The summed E-state index contributed by atoms with van der Waals surface area (Å²) in [5.74, 6) is 0. The van der Waals surface area contributed by atoms with E-state index in [9.17, 15) is 0 Å². The molecule has 1 rings (SSSR count). The van der Waals surface area contributed by atoms with E-state index in [1.807, 2.05) is 6.07 Å². The van der Waals surface area contributed by atoms with Gasteiger partial charge in [-0.2, -0.15) is 0 Å². The summed E-state index contributed by atoms with van der Waals surface area (Å²) in [6, 6.07) is 6.26. The average molecular weight is 230 g/mol. The summed E-state index contributed by atoms with van der Waals surface area (Å²) < 4.78 is 0. The summed E-state index contributed by atoms with van der Waals surface area (Å²) in [5.41, 5.74) is 9.80. The Morgan fingerprint density at radius 1 is 1.33 bits per heavy atom. The third-order valence-corrected chi connectivity index (χ3v) is 2.72. The minimum absolute atomic E-state index is 0. The number of aliphatic hydroxyl groups excluding tert-OH is 1. The number of benzene rings is 1. The zero-order chi connectivity index (χ0) is 10.6. The lowest BCUT2D eigenvalue weighted by molar-refractivity contribution is 0.280. The Bertz CT molecular complexity index is 302. The van der Waals surface area contributed by atoms with Crippen molar-refractivity contribution in [3.05, 3.63) is 34.9 Å². The molecular formula is C12H20ClNO. The number of hydrogen-bond donors (Lipinski definition) is 2. The second kappa shape index (κ2) is 6.83. The molecular weight excluding hydrogens is 210 g/mol. The van der Waals surface area contributed by atoms with Gasteiger partial charge in [0.05, 0.1) is 0 Å². The Kier molecular flexibility index (Phi) is 6.57. The van der Waals surface area contributed by atoms with Crippen molar-refractivity contribution in [2.24, 2.45) is 5.73 Å². The highest BCUT2D eigenvalue weighted by molar-refractivity contribution is 5.85. The Morgan fingerprint density at radius 3 is 2.60 bits per heavy atom. The molecule has 0 bridgehead atoms. The van der Waals surface area contributed by atoms with Gasteiger partial charge in [-0.05, 0) is 43.4 Å². The van der Waals surface area contributed by atoms with Crippen molar-refractivity contribution >= 4 is 12.4 Å². The minimum Gasteiger partial charge on any atom is -0.396 e. The summed E-state index contributed by atoms with van der Waals surface area (Å²) in [7, 11) is 0. The van der Waals surface area contributed by atoms with E-state index in [0.29, 0.717) is 0 Å². The molecule has 0 spiro atoms. The molecule has 0 aliphatic rings. The van der Waals surface area contributed by atoms with E-state index in [1.54, 1.807) is 0 Å². The second-order valence-electron chi connectivity index (χ2n) is 3.76. The quantitative estimate of drug-likeness (QED) is 0.834. The van der Waals surface area contributed by atoms with Gasteiger partial charge in [0.1, 0.15) is 0 Å². The molecule has 0 saturated carbocycles. The van der Waals surface area contributed by atoms with Gasteiger partial charge in [0.2, 0.25) is 0 Å². The van der Waals surface area contributed by atoms with E-state index in [1.165, 1.54) is 16.7 Å². The summed E-state index contributed by atoms with van der Waals surface area (Å²) in [6.07, 6.45) is 1.62. The number of aryl methyl sites for hydroxylation is 1. The molecule has 0 aliphatic carbocycles. The summed E-state index contributed by atoms with van der Waals surface area (Å²) >= 11 is 0. The molecule has 0 fully saturated rings. The van der Waals surface area contributed by atoms with Crippen LogP contribution in [0.25, 0.3) is 0 Å². The lowest BCUT2D eigenvalue weighted by atomic mass is 9.95. The fourth-order valence-electron chi connectivity index (χ4n) is 1.64. The molecule has 1 aromatic rings. The highest BCUT2D eigenvalue weighted by atomic mass is 35.5. The SMILES string of the molecule is Cc1cccc([C@@H](N)CCCO)c1C.Cl. The number of aliphatic hydroxyl groups is 1. The van der Waals surface area contributed by atoms with Gasteiger partial charge in [-0.25, -0.2) is 0 Å². The third kappa shape index (κ3) is 3.82. The van der Waals surface area contributed by atoms with Crippen LogP contribution in [0, 0.1) is 13.8 Å². The largest absolute Gasteiger partial charge is 0.396 e. The average Bonchev–Trinajstić information content (AvgIpc) is 2.18. The maximum absolute atomic E-state index is 8.73. The Morgan fingerprint density at radius 2 is 2.00 bits per heavy atom. The molecule has 1 atom stereocenters. The molecule has 0 amide bonds. The highest BCUT2D eigenvalue weighted by Gasteiger charge is 2.08. The van der Waals surface area contributed by atoms with Crippen molar-refractivity contribution < 1.29 is 5.11 Å². The van der Waals surface area contributed by atoms with Crippen LogP contribution < -0.4 is 5.73 Å². The van der Waals surface area contributed by atoms with Crippen molar-refractivity contribution in [2.75, 3.05) is 6.61 Å². The maximum atomic E-state index is 8.73. The van der Waals surface area contributed by atoms with Crippen molar-refractivity contribution in [1.29, 1.82) is 0 Å². The highest BCUT2D eigenvalue weighted by Crippen LogP contribution is 2.21. The third-order valence-electron chi connectivity index (χ3n) is 2.72. The standard InChI is InChI=1S/C12H19NO.ClH/c1-9-5-3-6-11(10(9)2)12(13)7-4-8-14;/h3,5-6,12,14H,4,7-8,13H2,1-2H3;1H/t12-;/m0./s1. The van der Waals surface area contributed by atoms with Crippen LogP contribution in [0.1, 0.15) is 35.6 Å². The number of hydrogen-bond acceptors (Lipinski definition) is 2. The normalized spacial score (nSPS) is 12.0. The predicted octanol–water partition coefficient (Wildman–Crippen LogP) is 2.50. The molecule has 0 saturated heterocycles. The maximum Gasteiger partial charge on any atom is 0.0431 e. The van der Waals surface area contributed by atoms with E-state index in [-0.39, 0.29) is 25.1 Å². The molecule has 15 heavy (non-hydrogen) atoms. The van der Waals surface area contributed by atoms with Crippen LogP contribution >= 0.6 is 12.4 Å². The van der Waals surface area contributed by atoms with Gasteiger partial charge in [0.25, 0.3) is 0 Å². The van der Waals surface area contributed by atoms with Crippen molar-refractivity contribution in [3.8, 4) is 0 Å². The van der Waals surface area contributed by atoms with Gasteiger partial charge >= 0.3 is 0 Å². The van der Waals surface area contributed by atoms with Crippen LogP contribution in [-0.4, -0.2) is 11.7 Å². The molecule has 0 radical (unpaired) electrons. The number of nitrogens with two attached hydrogens (primary N) is 1. The molecule has 1 aromatic carbocycles. The number of halogens is 1. The molecule has 0 aliphatic heterocycles. The van der Waals surface area contributed by atoms with Crippen LogP contribution in [0.15, 0.2) is 18.2 Å². The lowest BCUT2D eigenvalue weighted by Crippen LogP contribution is -2.12. The van der Waals surface area contributed by atoms with E-state index in [0.717, 1.165) is 12.8 Å². The zero-order valence-electron chi connectivity index (χ0n) is 9.36. The Labute approximate surface area is 97.9 Å². The van der Waals surface area contributed by atoms with Crippen LogP contribution in [0.3, 0.4) is 0 Å². The fraction of sp³-hybridized carbons (Fsp3) is 0.500. The van der Waals surface area contributed by atoms with Crippen molar-refractivity contribution in [3.63, 3.8) is 0 Å². The van der Waals surface area contributed by atoms with Gasteiger partial charge in [0.15, 0.2) is 0 Å². The molecule has 0 heterocycles. The van der Waals surface area contributed by atoms with E-state index < -0.39 is 0 Å². The lowest BCUT2D eigenvalue weighted by Gasteiger charge is -2.15. The molecule has 0 unspecified atom stereocenters. The first-order chi connectivity index (χ1) is 6.66. The van der Waals surface area contributed by atoms with Crippen molar-refractivity contribution in [2.45, 2.75) is 32.7 Å². The predicted molar refractivity (Wildman–Crippen MR) is 66.4 cm³/mol. The molecule has 86 valence electrons. The molecule has 3 N–H and O–H groups in total. The topological polar surface area (TPSA) is 46.2 Å². The van der Waals surface area contributed by atoms with Gasteiger partial charge < -0.3 is 10.8 Å². The molecule has 0 aromatic heterocycles. The minimum atomic E-state index is 0. The van der Waals surface area contributed by atoms with E-state index in [4.69, 9.17) is 10.8 Å². The fourth-order valence-corrected chi connectivity index (χ4v) is 1.64. The van der Waals surface area contributed by atoms with Gasteiger partial charge in [0, 0.05) is 12.6 Å². The van der Waals surface area contributed by atoms with E-state index >= 15 is 0 Å². The van der Waals surface area contributed by atoms with E-state index in [2.05, 4.69) is 26.0 Å². The van der Waals surface area contributed by atoms with Gasteiger partial charge in [-0.15, -0.1) is 12.4 Å². The second-order valence-corrected chi connectivity index (χ2v) is 3.76. The monoisotopic (exact) mass is 229 g/mol. The Balaban J connectivity index is 0.00000196. The summed E-state index contributed by atoms with van der Waals surface area (Å²) in [5, 5.41) is 8.73. The first-order valence-electron chi connectivity index (χ1n) is 5.09. The number of rotatable bonds is 4. The smallest absolute Gasteiger partial charge is 0.0431 e. The first kappa shape index (κ1) is 14.4. The van der Waals surface area contributed by atoms with Crippen LogP contribution in [0.4, 0.5) is 0 Å². The van der Waals surface area contributed by atoms with Crippen LogP contribution in [-0.2, 0) is 0 Å². The zero-order valence-corrected chi connectivity index (χ0v) is 10.2. The molecule has 2 nitrogen and oxygen atoms in total. The first-order valence-corrected chi connectivity index (χ1v) is 5.09. The van der Waals surface area contributed by atoms with Crippen LogP contribution in [0.2, 0.25) is 0 Å². The van der Waals surface area contributed by atoms with Gasteiger partial charge in [-0.1, -0.05) is 18.2 Å². The van der Waals surface area contributed by atoms with Crippen LogP contribution in [0.5, 0.6) is 0 Å². The van der Waals surface area contributed by atoms with Crippen molar-refractivity contribution in [1.82, 2.24) is 0 Å². The summed E-state index contributed by atoms with van der Waals surface area (Å²) in [6.45, 7) is 4.42. The Hall–Kier alpha value is -0.570. The summed E-state index contributed by atoms with van der Waals surface area (Å²) in [4.78, 5) is 0.